The highest BCUT2D eigenvalue weighted by atomic mass is 15.3. The average molecular weight is 222 g/mol. The molecule has 1 unspecified atom stereocenters. The zero-order chi connectivity index (χ0) is 11.8. The number of aromatic nitrogens is 3. The molecule has 1 saturated heterocycles. The third-order valence-corrected chi connectivity index (χ3v) is 3.13. The second-order valence-electron chi connectivity index (χ2n) is 5.71. The third-order valence-electron chi connectivity index (χ3n) is 3.13. The van der Waals surface area contributed by atoms with Gasteiger partial charge in [-0.2, -0.15) is 5.10 Å². The highest BCUT2D eigenvalue weighted by Crippen LogP contribution is 2.24. The van der Waals surface area contributed by atoms with E-state index in [9.17, 15) is 0 Å². The fourth-order valence-electron chi connectivity index (χ4n) is 2.14. The van der Waals surface area contributed by atoms with E-state index in [-0.39, 0.29) is 5.41 Å². The lowest BCUT2D eigenvalue weighted by Crippen LogP contribution is -2.29. The molecule has 0 aliphatic carbocycles. The molecule has 16 heavy (non-hydrogen) atoms. The second-order valence-corrected chi connectivity index (χ2v) is 5.71. The summed E-state index contributed by atoms with van der Waals surface area (Å²) >= 11 is 0. The Morgan fingerprint density at radius 2 is 2.12 bits per heavy atom. The van der Waals surface area contributed by atoms with Gasteiger partial charge < -0.3 is 5.32 Å². The van der Waals surface area contributed by atoms with Crippen molar-refractivity contribution in [3.63, 3.8) is 0 Å². The third kappa shape index (κ3) is 2.26. The van der Waals surface area contributed by atoms with Gasteiger partial charge in [-0.25, -0.2) is 4.98 Å². The van der Waals surface area contributed by atoms with Gasteiger partial charge in [0.05, 0.1) is 0 Å². The maximum Gasteiger partial charge on any atom is 0.156 e. The molecule has 0 spiro atoms. The van der Waals surface area contributed by atoms with Gasteiger partial charge in [-0.3, -0.25) is 4.68 Å². The Balaban J connectivity index is 2.24. The second kappa shape index (κ2) is 4.17. The topological polar surface area (TPSA) is 42.7 Å². The molecule has 0 bridgehead atoms. The van der Waals surface area contributed by atoms with Crippen LogP contribution in [0.15, 0.2) is 0 Å². The lowest BCUT2D eigenvalue weighted by atomic mass is 9.95. The molecule has 4 heteroatoms. The Kier molecular flexibility index (Phi) is 3.02. The molecule has 1 fully saturated rings. The van der Waals surface area contributed by atoms with Crippen molar-refractivity contribution in [3.8, 4) is 0 Å². The van der Waals surface area contributed by atoms with Crippen molar-refractivity contribution < 1.29 is 0 Å². The zero-order valence-corrected chi connectivity index (χ0v) is 10.7. The van der Waals surface area contributed by atoms with E-state index in [0.29, 0.717) is 5.92 Å². The number of hydrogen-bond donors (Lipinski definition) is 1. The van der Waals surface area contributed by atoms with Gasteiger partial charge in [0, 0.05) is 24.9 Å². The van der Waals surface area contributed by atoms with Crippen LogP contribution in [0.1, 0.15) is 51.2 Å². The predicted molar refractivity (Wildman–Crippen MR) is 64.5 cm³/mol. The number of nitrogens with one attached hydrogen (secondary N) is 1. The summed E-state index contributed by atoms with van der Waals surface area (Å²) in [6.07, 6.45) is 2.46. The Labute approximate surface area is 97.5 Å². The number of hydrogen-bond acceptors (Lipinski definition) is 3. The standard InChI is InChI=1S/C12H22N4/c1-12(2,3)11-14-10(16(4)15-11)9-6-5-7-13-8-9/h9,13H,5-8H2,1-4H3. The van der Waals surface area contributed by atoms with Crippen molar-refractivity contribution >= 4 is 0 Å². The number of piperidine rings is 1. The van der Waals surface area contributed by atoms with Crippen LogP contribution in [-0.4, -0.2) is 27.9 Å². The fraction of sp³-hybridized carbons (Fsp3) is 0.833. The molecule has 0 radical (unpaired) electrons. The molecule has 1 aromatic heterocycles. The molecular weight excluding hydrogens is 200 g/mol. The SMILES string of the molecule is Cn1nc(C(C)(C)C)nc1C1CCCNC1. The molecule has 1 aliphatic rings. The van der Waals surface area contributed by atoms with Crippen molar-refractivity contribution in [2.24, 2.45) is 7.05 Å². The van der Waals surface area contributed by atoms with Crippen molar-refractivity contribution in [1.82, 2.24) is 20.1 Å². The van der Waals surface area contributed by atoms with Crippen molar-refractivity contribution in [2.75, 3.05) is 13.1 Å². The van der Waals surface area contributed by atoms with Gasteiger partial charge in [0.25, 0.3) is 0 Å². The first-order valence-electron chi connectivity index (χ1n) is 6.10. The smallest absolute Gasteiger partial charge is 0.156 e. The molecule has 1 aliphatic heterocycles. The summed E-state index contributed by atoms with van der Waals surface area (Å²) in [5, 5.41) is 7.96. The molecule has 0 saturated carbocycles. The van der Waals surface area contributed by atoms with Crippen molar-refractivity contribution in [1.29, 1.82) is 0 Å². The van der Waals surface area contributed by atoms with Crippen LogP contribution in [0.3, 0.4) is 0 Å². The van der Waals surface area contributed by atoms with E-state index in [1.165, 1.54) is 12.8 Å². The molecular formula is C12H22N4. The summed E-state index contributed by atoms with van der Waals surface area (Å²) in [5.41, 5.74) is 0.0398. The Bertz CT molecular complexity index is 356. The fourth-order valence-corrected chi connectivity index (χ4v) is 2.14. The summed E-state index contributed by atoms with van der Waals surface area (Å²) < 4.78 is 1.96. The van der Waals surface area contributed by atoms with Gasteiger partial charge in [0.15, 0.2) is 5.82 Å². The van der Waals surface area contributed by atoms with E-state index in [2.05, 4.69) is 31.2 Å². The quantitative estimate of drug-likeness (QED) is 0.784. The molecule has 1 atom stereocenters. The first-order valence-corrected chi connectivity index (χ1v) is 6.10. The highest BCUT2D eigenvalue weighted by Gasteiger charge is 2.25. The Hall–Kier alpha value is -0.900. The molecule has 2 heterocycles. The summed E-state index contributed by atoms with van der Waals surface area (Å²) in [6, 6.07) is 0. The van der Waals surface area contributed by atoms with Gasteiger partial charge in [-0.1, -0.05) is 20.8 Å². The zero-order valence-electron chi connectivity index (χ0n) is 10.7. The van der Waals surface area contributed by atoms with Crippen LogP contribution in [0.2, 0.25) is 0 Å². The number of rotatable bonds is 1. The minimum atomic E-state index is 0.0398. The summed E-state index contributed by atoms with van der Waals surface area (Å²) in [5.74, 6) is 2.62. The van der Waals surface area contributed by atoms with Crippen molar-refractivity contribution in [2.45, 2.75) is 44.9 Å². The maximum absolute atomic E-state index is 4.72. The van der Waals surface area contributed by atoms with Gasteiger partial charge in [0.1, 0.15) is 5.82 Å². The minimum Gasteiger partial charge on any atom is -0.316 e. The lowest BCUT2D eigenvalue weighted by molar-refractivity contribution is 0.434. The van der Waals surface area contributed by atoms with E-state index in [1.54, 1.807) is 0 Å². The molecule has 2 rings (SSSR count). The van der Waals surface area contributed by atoms with Crippen LogP contribution in [0.4, 0.5) is 0 Å². The first kappa shape index (κ1) is 11.6. The van der Waals surface area contributed by atoms with Crippen LogP contribution in [0, 0.1) is 0 Å². The maximum atomic E-state index is 4.72. The molecule has 4 nitrogen and oxygen atoms in total. The summed E-state index contributed by atoms with van der Waals surface area (Å²) in [7, 11) is 2.01. The predicted octanol–water partition coefficient (Wildman–Crippen LogP) is 1.58. The largest absolute Gasteiger partial charge is 0.316 e. The molecule has 0 aromatic carbocycles. The minimum absolute atomic E-state index is 0.0398. The molecule has 0 amide bonds. The molecule has 1 N–H and O–H groups in total. The lowest BCUT2D eigenvalue weighted by Gasteiger charge is -2.21. The van der Waals surface area contributed by atoms with Crippen LogP contribution in [0.25, 0.3) is 0 Å². The monoisotopic (exact) mass is 222 g/mol. The van der Waals surface area contributed by atoms with Gasteiger partial charge in [-0.05, 0) is 19.4 Å². The van der Waals surface area contributed by atoms with E-state index in [0.717, 1.165) is 24.7 Å². The van der Waals surface area contributed by atoms with Gasteiger partial charge in [-0.15, -0.1) is 0 Å². The van der Waals surface area contributed by atoms with Gasteiger partial charge in [0.2, 0.25) is 0 Å². The van der Waals surface area contributed by atoms with Crippen LogP contribution >= 0.6 is 0 Å². The van der Waals surface area contributed by atoms with Crippen LogP contribution < -0.4 is 5.32 Å². The summed E-state index contributed by atoms with van der Waals surface area (Å²) in [4.78, 5) is 4.72. The van der Waals surface area contributed by atoms with E-state index >= 15 is 0 Å². The average Bonchev–Trinajstić information content (AvgIpc) is 2.61. The Morgan fingerprint density at radius 1 is 1.38 bits per heavy atom. The number of nitrogens with zero attached hydrogens (tertiary/aromatic N) is 3. The van der Waals surface area contributed by atoms with E-state index in [4.69, 9.17) is 4.98 Å². The van der Waals surface area contributed by atoms with Gasteiger partial charge >= 0.3 is 0 Å². The van der Waals surface area contributed by atoms with Crippen LogP contribution in [-0.2, 0) is 12.5 Å². The number of aryl methyl sites for hydroxylation is 1. The molecule has 90 valence electrons. The van der Waals surface area contributed by atoms with Crippen LogP contribution in [0.5, 0.6) is 0 Å². The first-order chi connectivity index (χ1) is 7.48. The molecule has 1 aromatic rings. The van der Waals surface area contributed by atoms with E-state index < -0.39 is 0 Å². The van der Waals surface area contributed by atoms with E-state index in [1.807, 2.05) is 11.7 Å². The Morgan fingerprint density at radius 3 is 2.62 bits per heavy atom. The highest BCUT2D eigenvalue weighted by molar-refractivity contribution is 5.07. The normalized spacial score (nSPS) is 22.4. The van der Waals surface area contributed by atoms with Crippen molar-refractivity contribution in [3.05, 3.63) is 11.6 Å². The summed E-state index contributed by atoms with van der Waals surface area (Å²) in [6.45, 7) is 8.65.